The van der Waals surface area contributed by atoms with Crippen LogP contribution in [0.5, 0.6) is 0 Å². The summed E-state index contributed by atoms with van der Waals surface area (Å²) in [6.45, 7) is 2.76. The molecule has 0 saturated heterocycles. The van der Waals surface area contributed by atoms with E-state index in [1.807, 2.05) is 29.8 Å². The third-order valence-corrected chi connectivity index (χ3v) is 6.29. The van der Waals surface area contributed by atoms with Crippen molar-refractivity contribution in [2.45, 2.75) is 70.9 Å². The van der Waals surface area contributed by atoms with E-state index in [4.69, 9.17) is 9.84 Å². The lowest BCUT2D eigenvalue weighted by Gasteiger charge is -2.30. The summed E-state index contributed by atoms with van der Waals surface area (Å²) in [5.74, 6) is -0.561. The van der Waals surface area contributed by atoms with Crippen molar-refractivity contribution in [2.75, 3.05) is 6.61 Å². The number of ether oxygens (including phenoxy) is 1. The topological polar surface area (TPSA) is 73.2 Å². The number of benzene rings is 1. The zero-order chi connectivity index (χ0) is 20.9. The lowest BCUT2D eigenvalue weighted by molar-refractivity contribution is -0.150. The van der Waals surface area contributed by atoms with Crippen LogP contribution < -0.4 is 5.32 Å². The van der Waals surface area contributed by atoms with Crippen molar-refractivity contribution in [1.29, 1.82) is 0 Å². The minimum atomic E-state index is -0.260. The van der Waals surface area contributed by atoms with Crippen LogP contribution in [0.2, 0.25) is 0 Å². The summed E-state index contributed by atoms with van der Waals surface area (Å²) in [7, 11) is 0. The van der Waals surface area contributed by atoms with Gasteiger partial charge >= 0.3 is 5.97 Å². The van der Waals surface area contributed by atoms with Gasteiger partial charge in [0.2, 0.25) is 0 Å². The summed E-state index contributed by atoms with van der Waals surface area (Å²) in [5, 5.41) is 7.99. The zero-order valence-corrected chi connectivity index (χ0v) is 17.7. The number of esters is 1. The minimum absolute atomic E-state index is 0.109. The second-order valence-electron chi connectivity index (χ2n) is 8.35. The van der Waals surface area contributed by atoms with Crippen LogP contribution in [0.15, 0.2) is 30.3 Å². The van der Waals surface area contributed by atoms with Crippen LogP contribution in [-0.4, -0.2) is 34.3 Å². The third-order valence-electron chi connectivity index (χ3n) is 6.29. The van der Waals surface area contributed by atoms with Crippen molar-refractivity contribution in [3.05, 3.63) is 52.8 Å². The maximum Gasteiger partial charge on any atom is 0.311 e. The summed E-state index contributed by atoms with van der Waals surface area (Å²) < 4.78 is 7.13. The average Bonchev–Trinajstić information content (AvgIpc) is 3.13. The Hall–Kier alpha value is -2.63. The number of amides is 1. The molecular weight excluding hydrogens is 378 g/mol. The fraction of sp³-hybridized carbons (Fsp3) is 0.542. The van der Waals surface area contributed by atoms with Crippen LogP contribution in [0, 0.1) is 5.92 Å². The lowest BCUT2D eigenvalue weighted by atomic mass is 9.84. The molecule has 6 heteroatoms. The van der Waals surface area contributed by atoms with Crippen LogP contribution in [0.1, 0.15) is 72.8 Å². The van der Waals surface area contributed by atoms with Gasteiger partial charge in [0, 0.05) is 11.6 Å². The van der Waals surface area contributed by atoms with E-state index in [2.05, 4.69) is 17.4 Å². The van der Waals surface area contributed by atoms with Gasteiger partial charge in [-0.3, -0.25) is 14.3 Å². The Kier molecular flexibility index (Phi) is 6.50. The normalized spacial score (nSPS) is 21.0. The molecule has 2 aliphatic rings. The molecule has 2 aromatic rings. The summed E-state index contributed by atoms with van der Waals surface area (Å²) in [6, 6.07) is 9.93. The first-order valence-corrected chi connectivity index (χ1v) is 11.3. The fourth-order valence-corrected chi connectivity index (χ4v) is 4.80. The molecular formula is C24H31N3O3. The van der Waals surface area contributed by atoms with E-state index in [-0.39, 0.29) is 23.8 Å². The van der Waals surface area contributed by atoms with Crippen LogP contribution in [0.25, 0.3) is 0 Å². The molecule has 1 fully saturated rings. The van der Waals surface area contributed by atoms with Gasteiger partial charge in [0.1, 0.15) is 5.69 Å². The van der Waals surface area contributed by atoms with E-state index in [0.29, 0.717) is 18.8 Å². The maximum absolute atomic E-state index is 13.5. The fourth-order valence-electron chi connectivity index (χ4n) is 4.80. The van der Waals surface area contributed by atoms with E-state index < -0.39 is 0 Å². The predicted molar refractivity (Wildman–Crippen MR) is 114 cm³/mol. The average molecular weight is 410 g/mol. The van der Waals surface area contributed by atoms with Gasteiger partial charge in [0.15, 0.2) is 0 Å². The highest BCUT2D eigenvalue weighted by molar-refractivity contribution is 5.95. The van der Waals surface area contributed by atoms with Gasteiger partial charge in [-0.25, -0.2) is 0 Å². The quantitative estimate of drug-likeness (QED) is 0.739. The molecule has 160 valence electrons. The van der Waals surface area contributed by atoms with Gasteiger partial charge < -0.3 is 10.1 Å². The van der Waals surface area contributed by atoms with Crippen molar-refractivity contribution in [3.63, 3.8) is 0 Å². The molecule has 30 heavy (non-hydrogen) atoms. The van der Waals surface area contributed by atoms with Crippen molar-refractivity contribution < 1.29 is 14.3 Å². The summed E-state index contributed by atoms with van der Waals surface area (Å²) in [4.78, 5) is 25.9. The first-order chi connectivity index (χ1) is 14.7. The van der Waals surface area contributed by atoms with Gasteiger partial charge in [0.25, 0.3) is 5.91 Å². The van der Waals surface area contributed by atoms with Gasteiger partial charge in [-0.05, 0) is 51.0 Å². The van der Waals surface area contributed by atoms with Crippen LogP contribution in [0.4, 0.5) is 0 Å². The smallest absolute Gasteiger partial charge is 0.311 e. The first-order valence-electron chi connectivity index (χ1n) is 11.3. The largest absolute Gasteiger partial charge is 0.466 e. The van der Waals surface area contributed by atoms with Crippen molar-refractivity contribution in [3.8, 4) is 0 Å². The molecule has 0 spiro atoms. The lowest BCUT2D eigenvalue weighted by Crippen LogP contribution is -2.46. The number of carbonyl (C=O) groups is 2. The Bertz CT molecular complexity index is 891. The molecule has 2 atom stereocenters. The molecule has 1 N–H and O–H groups in total. The maximum atomic E-state index is 13.5. The molecule has 1 aromatic carbocycles. The highest BCUT2D eigenvalue weighted by Crippen LogP contribution is 2.28. The number of rotatable bonds is 6. The molecule has 0 aliphatic heterocycles. The summed E-state index contributed by atoms with van der Waals surface area (Å²) in [5.41, 5.74) is 3.92. The van der Waals surface area contributed by atoms with Gasteiger partial charge in [-0.15, -0.1) is 0 Å². The monoisotopic (exact) mass is 409 g/mol. The molecule has 0 radical (unpaired) electrons. The molecule has 1 aromatic heterocycles. The van der Waals surface area contributed by atoms with Crippen LogP contribution in [0.3, 0.4) is 0 Å². The van der Waals surface area contributed by atoms with Crippen molar-refractivity contribution in [2.24, 2.45) is 5.92 Å². The Morgan fingerprint density at radius 2 is 1.87 bits per heavy atom. The van der Waals surface area contributed by atoms with E-state index >= 15 is 0 Å². The number of nitrogens with one attached hydrogen (secondary N) is 1. The summed E-state index contributed by atoms with van der Waals surface area (Å²) >= 11 is 0. The number of aryl methyl sites for hydroxylation is 1. The standard InChI is InChI=1S/C24H31N3O3/c1-2-30-24(29)19-13-7-8-14-20(19)25-23(28)22-18-12-6-9-15-21(18)26-27(22)16-17-10-4-3-5-11-17/h3-5,10-11,19-20H,2,6-9,12-16H2,1H3,(H,25,28)/t19-,20+/m1/s1. The second-order valence-corrected chi connectivity index (χ2v) is 8.35. The molecule has 2 aliphatic carbocycles. The SMILES string of the molecule is CCOC(=O)[C@@H]1CCCC[C@@H]1NC(=O)c1c2c(nn1Cc1ccccc1)CCCC2. The number of aromatic nitrogens is 2. The Balaban J connectivity index is 1.59. The Morgan fingerprint density at radius 3 is 2.67 bits per heavy atom. The van der Waals surface area contributed by atoms with Crippen LogP contribution >= 0.6 is 0 Å². The van der Waals surface area contributed by atoms with Gasteiger partial charge in [-0.2, -0.15) is 5.10 Å². The molecule has 1 amide bonds. The van der Waals surface area contributed by atoms with Crippen molar-refractivity contribution in [1.82, 2.24) is 15.1 Å². The van der Waals surface area contributed by atoms with E-state index in [0.717, 1.165) is 68.2 Å². The first kappa shape index (κ1) is 20.6. The van der Waals surface area contributed by atoms with E-state index in [9.17, 15) is 9.59 Å². The Labute approximate surface area is 178 Å². The molecule has 6 nitrogen and oxygen atoms in total. The van der Waals surface area contributed by atoms with Gasteiger partial charge in [-0.1, -0.05) is 43.2 Å². The third kappa shape index (κ3) is 4.42. The number of nitrogens with zero attached hydrogens (tertiary/aromatic N) is 2. The molecule has 0 unspecified atom stereocenters. The molecule has 0 bridgehead atoms. The molecule has 1 heterocycles. The van der Waals surface area contributed by atoms with Crippen molar-refractivity contribution >= 4 is 11.9 Å². The van der Waals surface area contributed by atoms with E-state index in [1.54, 1.807) is 0 Å². The number of hydrogen-bond acceptors (Lipinski definition) is 4. The molecule has 4 rings (SSSR count). The number of hydrogen-bond donors (Lipinski definition) is 1. The molecule has 1 saturated carbocycles. The van der Waals surface area contributed by atoms with E-state index in [1.165, 1.54) is 0 Å². The second kappa shape index (κ2) is 9.45. The highest BCUT2D eigenvalue weighted by atomic mass is 16.5. The van der Waals surface area contributed by atoms with Crippen LogP contribution in [-0.2, 0) is 28.9 Å². The predicted octanol–water partition coefficient (Wildman–Crippen LogP) is 3.66. The van der Waals surface area contributed by atoms with Gasteiger partial charge in [0.05, 0.1) is 24.8 Å². The zero-order valence-electron chi connectivity index (χ0n) is 17.7. The Morgan fingerprint density at radius 1 is 1.10 bits per heavy atom. The number of carbonyl (C=O) groups excluding carboxylic acids is 2. The number of fused-ring (bicyclic) bond motifs is 1. The highest BCUT2D eigenvalue weighted by Gasteiger charge is 2.35. The summed E-state index contributed by atoms with van der Waals surface area (Å²) in [6.07, 6.45) is 7.60. The minimum Gasteiger partial charge on any atom is -0.466 e.